The average molecular weight is 660 g/mol. The van der Waals surface area contributed by atoms with Gasteiger partial charge in [0, 0.05) is 29.8 Å². The third kappa shape index (κ3) is 7.09. The maximum absolute atomic E-state index is 14.6. The molecule has 0 saturated carbocycles. The van der Waals surface area contributed by atoms with Gasteiger partial charge in [0.15, 0.2) is 0 Å². The minimum Gasteiger partial charge on any atom is -0.429 e. The molecule has 0 radical (unpaired) electrons. The topological polar surface area (TPSA) is 18.5 Å². The number of ether oxygens (including phenoxy) is 2. The van der Waals surface area contributed by atoms with Gasteiger partial charge in [-0.1, -0.05) is 6.07 Å². The summed E-state index contributed by atoms with van der Waals surface area (Å²) in [6, 6.07) is 2.70. The minimum atomic E-state index is -5.50. The number of halogens is 14. The van der Waals surface area contributed by atoms with E-state index in [2.05, 4.69) is 9.47 Å². The highest BCUT2D eigenvalue weighted by Crippen LogP contribution is 2.40. The number of hydrogen-bond acceptors (Lipinski definition) is 2. The van der Waals surface area contributed by atoms with Crippen LogP contribution in [0.4, 0.5) is 61.5 Å². The van der Waals surface area contributed by atoms with Crippen LogP contribution in [0.25, 0.3) is 0 Å². The fourth-order valence-electron chi connectivity index (χ4n) is 4.11. The van der Waals surface area contributed by atoms with Gasteiger partial charge in [0.25, 0.3) is 0 Å². The summed E-state index contributed by atoms with van der Waals surface area (Å²) in [6.07, 6.45) is -15.6. The Bertz CT molecular complexity index is 1700. The number of rotatable bonds is 8. The molecule has 0 atom stereocenters. The van der Waals surface area contributed by atoms with Crippen LogP contribution in [0.2, 0.25) is 0 Å². The van der Waals surface area contributed by atoms with E-state index < -0.39 is 105 Å². The van der Waals surface area contributed by atoms with Crippen LogP contribution < -0.4 is 9.47 Å². The summed E-state index contributed by atoms with van der Waals surface area (Å²) >= 11 is 0. The van der Waals surface area contributed by atoms with E-state index in [0.717, 1.165) is 13.0 Å². The number of alkyl halides is 7. The van der Waals surface area contributed by atoms with Gasteiger partial charge in [0.2, 0.25) is 0 Å². The molecule has 0 aliphatic heterocycles. The highest BCUT2D eigenvalue weighted by molar-refractivity contribution is 5.37. The molecule has 2 nitrogen and oxygen atoms in total. The molecule has 16 heteroatoms. The van der Waals surface area contributed by atoms with Crippen LogP contribution in [0.3, 0.4) is 0 Å². The lowest BCUT2D eigenvalue weighted by Crippen LogP contribution is -2.25. The Morgan fingerprint density at radius 2 is 0.911 bits per heavy atom. The van der Waals surface area contributed by atoms with Crippen molar-refractivity contribution in [3.8, 4) is 11.5 Å². The highest BCUT2D eigenvalue weighted by atomic mass is 19.4. The maximum atomic E-state index is 14.6. The van der Waals surface area contributed by atoms with E-state index in [9.17, 15) is 61.5 Å². The zero-order chi connectivity index (χ0) is 33.6. The summed E-state index contributed by atoms with van der Waals surface area (Å²) in [7, 11) is 0. The molecule has 45 heavy (non-hydrogen) atoms. The van der Waals surface area contributed by atoms with Crippen molar-refractivity contribution in [3.63, 3.8) is 0 Å². The largest absolute Gasteiger partial charge is 0.432 e. The van der Waals surface area contributed by atoms with Gasteiger partial charge in [-0.3, -0.25) is 0 Å². The third-order valence-corrected chi connectivity index (χ3v) is 6.19. The van der Waals surface area contributed by atoms with Crippen molar-refractivity contribution in [3.05, 3.63) is 129 Å². The average Bonchev–Trinajstić information content (AvgIpc) is 2.84. The predicted octanol–water partition coefficient (Wildman–Crippen LogP) is 9.83. The lowest BCUT2D eigenvalue weighted by molar-refractivity contribution is -0.190. The summed E-state index contributed by atoms with van der Waals surface area (Å²) in [5, 5.41) is 0. The fraction of sp³-hybridized carbons (Fsp3) is 0.172. The highest BCUT2D eigenvalue weighted by Gasteiger charge is 2.43. The van der Waals surface area contributed by atoms with Crippen molar-refractivity contribution in [2.75, 3.05) is 0 Å². The summed E-state index contributed by atoms with van der Waals surface area (Å²) in [4.78, 5) is 0. The van der Waals surface area contributed by atoms with Crippen LogP contribution in [0.1, 0.15) is 33.4 Å². The smallest absolute Gasteiger partial charge is 0.429 e. The van der Waals surface area contributed by atoms with E-state index in [-0.39, 0.29) is 17.7 Å². The maximum Gasteiger partial charge on any atom is 0.432 e. The van der Waals surface area contributed by atoms with Crippen molar-refractivity contribution >= 4 is 0 Å². The van der Waals surface area contributed by atoms with Crippen LogP contribution in [0.5, 0.6) is 11.5 Å². The zero-order valence-electron chi connectivity index (χ0n) is 22.0. The van der Waals surface area contributed by atoms with Crippen molar-refractivity contribution in [1.29, 1.82) is 0 Å². The van der Waals surface area contributed by atoms with E-state index in [1.54, 1.807) is 0 Å². The molecule has 0 fully saturated rings. The molecule has 0 aliphatic rings. The first-order valence-corrected chi connectivity index (χ1v) is 12.1. The monoisotopic (exact) mass is 660 g/mol. The van der Waals surface area contributed by atoms with Crippen molar-refractivity contribution in [1.82, 2.24) is 0 Å². The first-order valence-electron chi connectivity index (χ1n) is 12.1. The molecule has 0 unspecified atom stereocenters. The van der Waals surface area contributed by atoms with Gasteiger partial charge >= 0.3 is 18.4 Å². The zero-order valence-corrected chi connectivity index (χ0v) is 22.0. The Labute approximate surface area is 243 Å². The molecule has 4 rings (SSSR count). The van der Waals surface area contributed by atoms with Gasteiger partial charge in [0.05, 0.1) is 5.56 Å². The van der Waals surface area contributed by atoms with Crippen molar-refractivity contribution < 1.29 is 70.9 Å². The first kappa shape index (κ1) is 33.4. The summed E-state index contributed by atoms with van der Waals surface area (Å²) in [5.74, 6) is -15.1. The lowest BCUT2D eigenvalue weighted by Gasteiger charge is -2.21. The predicted molar refractivity (Wildman–Crippen MR) is 127 cm³/mol. The van der Waals surface area contributed by atoms with Crippen LogP contribution in [-0.4, -0.2) is 0 Å². The Balaban J connectivity index is 1.54. The summed E-state index contributed by atoms with van der Waals surface area (Å²) in [6.45, 7) is 0.997. The molecule has 0 aliphatic carbocycles. The van der Waals surface area contributed by atoms with Crippen LogP contribution in [0, 0.1) is 47.6 Å². The summed E-state index contributed by atoms with van der Waals surface area (Å²) < 4.78 is 203. The van der Waals surface area contributed by atoms with Gasteiger partial charge in [-0.2, -0.15) is 30.7 Å². The van der Waals surface area contributed by atoms with Crippen molar-refractivity contribution in [2.24, 2.45) is 0 Å². The standard InChI is InChI=1S/C29H14F14O2/c1-12-18(30)8-15(9-19(12)31)45-29(42,43)26-21(33)6-14(7-22(26)34)4-13-2-3-17(20(32)5-13)28(40,41)44-16-10-23(35)25(24(36)11-16)27(37,38)39/h2-3,5-11H,4H2,1H3. The Morgan fingerprint density at radius 3 is 1.38 bits per heavy atom. The minimum absolute atomic E-state index is 0.190. The van der Waals surface area contributed by atoms with Gasteiger partial charge in [-0.15, -0.1) is 0 Å². The quantitative estimate of drug-likeness (QED) is 0.175. The molecule has 0 saturated heterocycles. The number of hydrogen-bond donors (Lipinski definition) is 0. The van der Waals surface area contributed by atoms with Gasteiger partial charge in [-0.05, 0) is 48.7 Å². The van der Waals surface area contributed by atoms with Crippen LogP contribution >= 0.6 is 0 Å². The second-order valence-corrected chi connectivity index (χ2v) is 9.43. The Hall–Kier alpha value is -4.50. The van der Waals surface area contributed by atoms with Crippen LogP contribution in [-0.2, 0) is 24.8 Å². The molecular formula is C29H14F14O2. The van der Waals surface area contributed by atoms with Gasteiger partial charge in [-0.25, -0.2) is 30.7 Å². The Kier molecular flexibility index (Phi) is 8.74. The van der Waals surface area contributed by atoms with Gasteiger partial charge < -0.3 is 9.47 Å². The molecule has 0 N–H and O–H groups in total. The first-order chi connectivity index (χ1) is 20.7. The molecule has 0 spiro atoms. The third-order valence-electron chi connectivity index (χ3n) is 6.19. The molecule has 4 aromatic rings. The molecular weight excluding hydrogens is 646 g/mol. The number of benzene rings is 4. The fourth-order valence-corrected chi connectivity index (χ4v) is 4.11. The second kappa shape index (κ2) is 11.8. The molecule has 4 aromatic carbocycles. The Morgan fingerprint density at radius 1 is 0.489 bits per heavy atom. The molecule has 0 heterocycles. The van der Waals surface area contributed by atoms with E-state index in [0.29, 0.717) is 36.4 Å². The van der Waals surface area contributed by atoms with E-state index in [4.69, 9.17) is 0 Å². The second-order valence-electron chi connectivity index (χ2n) is 9.43. The molecule has 240 valence electrons. The van der Waals surface area contributed by atoms with Crippen LogP contribution in [0.15, 0.2) is 54.6 Å². The molecule has 0 aromatic heterocycles. The summed E-state index contributed by atoms with van der Waals surface area (Å²) in [5.41, 5.74) is -7.06. The normalized spacial score (nSPS) is 12.4. The lowest BCUT2D eigenvalue weighted by atomic mass is 10.0. The van der Waals surface area contributed by atoms with Crippen molar-refractivity contribution in [2.45, 2.75) is 31.7 Å². The molecule has 0 bridgehead atoms. The van der Waals surface area contributed by atoms with E-state index in [1.165, 1.54) is 0 Å². The van der Waals surface area contributed by atoms with E-state index in [1.807, 2.05) is 0 Å². The van der Waals surface area contributed by atoms with E-state index >= 15 is 0 Å². The van der Waals surface area contributed by atoms with Gasteiger partial charge in [0.1, 0.15) is 63.3 Å². The SMILES string of the molecule is Cc1c(F)cc(OC(F)(F)c2c(F)cc(Cc3ccc(C(F)(F)Oc4cc(F)c(C(F)(F)F)c(F)c4)c(F)c3)cc2F)cc1F. The molecule has 0 amide bonds.